The third kappa shape index (κ3) is 4.03. The molecule has 1 aromatic carbocycles. The molecule has 0 spiro atoms. The lowest BCUT2D eigenvalue weighted by molar-refractivity contribution is -0.120. The molecule has 0 heterocycles. The van der Waals surface area contributed by atoms with Crippen molar-refractivity contribution in [3.8, 4) is 5.75 Å². The highest BCUT2D eigenvalue weighted by Gasteiger charge is 2.12. The van der Waals surface area contributed by atoms with Gasteiger partial charge < -0.3 is 15.4 Å². The van der Waals surface area contributed by atoms with Gasteiger partial charge in [-0.1, -0.05) is 15.9 Å². The standard InChI is InChI=1S/C12H15BrN2O3/c1-14-11(16)5-6-15-12(17)9-7-8(13)3-4-10(9)18-2/h3-4,7H,5-6H2,1-2H3,(H,14,16)(H,15,17). The summed E-state index contributed by atoms with van der Waals surface area (Å²) >= 11 is 3.30. The molecule has 0 aromatic heterocycles. The summed E-state index contributed by atoms with van der Waals surface area (Å²) in [7, 11) is 3.06. The second-order valence-corrected chi connectivity index (χ2v) is 4.44. The van der Waals surface area contributed by atoms with Crippen LogP contribution in [-0.4, -0.2) is 32.5 Å². The van der Waals surface area contributed by atoms with Crippen molar-refractivity contribution in [2.45, 2.75) is 6.42 Å². The third-order valence-electron chi connectivity index (χ3n) is 2.32. The van der Waals surface area contributed by atoms with Crippen LogP contribution >= 0.6 is 15.9 Å². The maximum absolute atomic E-state index is 11.9. The largest absolute Gasteiger partial charge is 0.496 e. The zero-order valence-electron chi connectivity index (χ0n) is 10.2. The topological polar surface area (TPSA) is 67.4 Å². The van der Waals surface area contributed by atoms with Crippen LogP contribution in [0, 0.1) is 0 Å². The number of halogens is 1. The van der Waals surface area contributed by atoms with Crippen LogP contribution in [-0.2, 0) is 4.79 Å². The number of methoxy groups -OCH3 is 1. The summed E-state index contributed by atoms with van der Waals surface area (Å²) in [6.45, 7) is 0.286. The number of hydrogen-bond acceptors (Lipinski definition) is 3. The van der Waals surface area contributed by atoms with E-state index in [0.29, 0.717) is 11.3 Å². The predicted octanol–water partition coefficient (Wildman–Crippen LogP) is 1.32. The fraction of sp³-hybridized carbons (Fsp3) is 0.333. The summed E-state index contributed by atoms with van der Waals surface area (Å²) < 4.78 is 5.90. The summed E-state index contributed by atoms with van der Waals surface area (Å²) in [5.41, 5.74) is 0.434. The lowest BCUT2D eigenvalue weighted by Gasteiger charge is -2.09. The van der Waals surface area contributed by atoms with Gasteiger partial charge in [0.2, 0.25) is 5.91 Å². The van der Waals surface area contributed by atoms with E-state index in [0.717, 1.165) is 4.47 Å². The summed E-state index contributed by atoms with van der Waals surface area (Å²) in [5, 5.41) is 5.15. The van der Waals surface area contributed by atoms with Crippen LogP contribution < -0.4 is 15.4 Å². The van der Waals surface area contributed by atoms with Crippen molar-refractivity contribution >= 4 is 27.7 Å². The minimum Gasteiger partial charge on any atom is -0.496 e. The maximum Gasteiger partial charge on any atom is 0.255 e. The molecular weight excluding hydrogens is 300 g/mol. The Hall–Kier alpha value is -1.56. The minimum atomic E-state index is -0.267. The average Bonchev–Trinajstić information content (AvgIpc) is 2.38. The van der Waals surface area contributed by atoms with Gasteiger partial charge in [0.15, 0.2) is 0 Å². The highest BCUT2D eigenvalue weighted by Crippen LogP contribution is 2.22. The fourth-order valence-corrected chi connectivity index (χ4v) is 1.73. The van der Waals surface area contributed by atoms with Gasteiger partial charge in [-0.05, 0) is 18.2 Å². The number of ether oxygens (including phenoxy) is 1. The maximum atomic E-state index is 11.9. The summed E-state index contributed by atoms with van der Waals surface area (Å²) in [4.78, 5) is 22.9. The number of amides is 2. The molecular formula is C12H15BrN2O3. The molecule has 0 aliphatic rings. The van der Waals surface area contributed by atoms with Gasteiger partial charge in [-0.2, -0.15) is 0 Å². The second kappa shape index (κ2) is 7.00. The molecule has 0 aliphatic heterocycles. The van der Waals surface area contributed by atoms with Crippen LogP contribution in [0.25, 0.3) is 0 Å². The lowest BCUT2D eigenvalue weighted by Crippen LogP contribution is -2.29. The Bertz CT molecular complexity index is 449. The Labute approximate surface area is 114 Å². The van der Waals surface area contributed by atoms with Gasteiger partial charge in [0.05, 0.1) is 12.7 Å². The van der Waals surface area contributed by atoms with Crippen molar-refractivity contribution in [2.24, 2.45) is 0 Å². The molecule has 0 atom stereocenters. The Morgan fingerprint density at radius 3 is 2.72 bits per heavy atom. The second-order valence-electron chi connectivity index (χ2n) is 3.52. The molecule has 0 saturated heterocycles. The van der Waals surface area contributed by atoms with Gasteiger partial charge in [0.1, 0.15) is 5.75 Å². The molecule has 0 bridgehead atoms. The van der Waals surface area contributed by atoms with Crippen LogP contribution in [0.1, 0.15) is 16.8 Å². The van der Waals surface area contributed by atoms with Crippen LogP contribution in [0.15, 0.2) is 22.7 Å². The highest BCUT2D eigenvalue weighted by molar-refractivity contribution is 9.10. The van der Waals surface area contributed by atoms with Crippen LogP contribution in [0.3, 0.4) is 0 Å². The van der Waals surface area contributed by atoms with Crippen molar-refractivity contribution in [3.63, 3.8) is 0 Å². The molecule has 18 heavy (non-hydrogen) atoms. The Kier molecular flexibility index (Phi) is 5.64. The van der Waals surface area contributed by atoms with Gasteiger partial charge >= 0.3 is 0 Å². The van der Waals surface area contributed by atoms with Gasteiger partial charge in [0.25, 0.3) is 5.91 Å². The predicted molar refractivity (Wildman–Crippen MR) is 71.7 cm³/mol. The molecule has 2 amide bonds. The monoisotopic (exact) mass is 314 g/mol. The van der Waals surface area contributed by atoms with Gasteiger partial charge in [-0.25, -0.2) is 0 Å². The van der Waals surface area contributed by atoms with E-state index < -0.39 is 0 Å². The van der Waals surface area contributed by atoms with Crippen molar-refractivity contribution in [1.29, 1.82) is 0 Å². The van der Waals surface area contributed by atoms with Crippen LogP contribution in [0.4, 0.5) is 0 Å². The van der Waals surface area contributed by atoms with E-state index in [2.05, 4.69) is 26.6 Å². The van der Waals surface area contributed by atoms with Crippen molar-refractivity contribution in [3.05, 3.63) is 28.2 Å². The van der Waals surface area contributed by atoms with E-state index in [-0.39, 0.29) is 24.8 Å². The summed E-state index contributed by atoms with van der Waals surface area (Å²) in [6.07, 6.45) is 0.249. The van der Waals surface area contributed by atoms with E-state index in [1.165, 1.54) is 7.11 Å². The van der Waals surface area contributed by atoms with E-state index in [9.17, 15) is 9.59 Å². The SMILES string of the molecule is CNC(=O)CCNC(=O)c1cc(Br)ccc1OC. The average molecular weight is 315 g/mol. The number of hydrogen-bond donors (Lipinski definition) is 2. The first-order chi connectivity index (χ1) is 8.58. The highest BCUT2D eigenvalue weighted by atomic mass is 79.9. The number of carbonyl (C=O) groups excluding carboxylic acids is 2. The molecule has 0 saturated carbocycles. The number of rotatable bonds is 5. The number of carbonyl (C=O) groups is 2. The van der Waals surface area contributed by atoms with E-state index in [4.69, 9.17) is 4.74 Å². The smallest absolute Gasteiger partial charge is 0.255 e. The van der Waals surface area contributed by atoms with E-state index >= 15 is 0 Å². The molecule has 0 fully saturated rings. The van der Waals surface area contributed by atoms with Gasteiger partial charge in [-0.15, -0.1) is 0 Å². The molecule has 98 valence electrons. The zero-order chi connectivity index (χ0) is 13.5. The quantitative estimate of drug-likeness (QED) is 0.861. The first-order valence-electron chi connectivity index (χ1n) is 5.40. The lowest BCUT2D eigenvalue weighted by atomic mass is 10.2. The molecule has 1 aromatic rings. The van der Waals surface area contributed by atoms with Crippen molar-refractivity contribution in [2.75, 3.05) is 20.7 Å². The Morgan fingerprint density at radius 2 is 2.11 bits per heavy atom. The van der Waals surface area contributed by atoms with E-state index in [1.807, 2.05) is 0 Å². The third-order valence-corrected chi connectivity index (χ3v) is 2.82. The van der Waals surface area contributed by atoms with E-state index in [1.54, 1.807) is 25.2 Å². The summed E-state index contributed by atoms with van der Waals surface area (Å²) in [5.74, 6) is 0.115. The molecule has 0 unspecified atom stereocenters. The Balaban J connectivity index is 2.66. The summed E-state index contributed by atoms with van der Waals surface area (Å²) in [6, 6.07) is 5.17. The minimum absolute atomic E-state index is 0.114. The first kappa shape index (κ1) is 14.5. The van der Waals surface area contributed by atoms with Crippen LogP contribution in [0.2, 0.25) is 0 Å². The first-order valence-corrected chi connectivity index (χ1v) is 6.20. The molecule has 1 rings (SSSR count). The zero-order valence-corrected chi connectivity index (χ0v) is 11.8. The fourth-order valence-electron chi connectivity index (χ4n) is 1.37. The molecule has 0 radical (unpaired) electrons. The van der Waals surface area contributed by atoms with Crippen LogP contribution in [0.5, 0.6) is 5.75 Å². The number of nitrogens with one attached hydrogen (secondary N) is 2. The Morgan fingerprint density at radius 1 is 1.39 bits per heavy atom. The van der Waals surface area contributed by atoms with Crippen molar-refractivity contribution < 1.29 is 14.3 Å². The molecule has 5 nitrogen and oxygen atoms in total. The molecule has 0 aliphatic carbocycles. The van der Waals surface area contributed by atoms with Crippen molar-refractivity contribution in [1.82, 2.24) is 10.6 Å². The number of benzene rings is 1. The molecule has 2 N–H and O–H groups in total. The van der Waals surface area contributed by atoms with Gasteiger partial charge in [-0.3, -0.25) is 9.59 Å². The molecule has 6 heteroatoms. The van der Waals surface area contributed by atoms with Gasteiger partial charge in [0, 0.05) is 24.5 Å². The normalized spacial score (nSPS) is 9.72.